The molecule has 0 aliphatic heterocycles. The fraction of sp³-hybridized carbons (Fsp3) is 0.579. The number of carbonyl (C=O) groups excluding carboxylic acids is 2. The zero-order valence-electron chi connectivity index (χ0n) is 16.9. The van der Waals surface area contributed by atoms with E-state index in [2.05, 4.69) is 15.4 Å². The fourth-order valence-electron chi connectivity index (χ4n) is 3.30. The second-order valence-electron chi connectivity index (χ2n) is 6.75. The van der Waals surface area contributed by atoms with Gasteiger partial charge in [-0.2, -0.15) is 0 Å². The zero-order valence-corrected chi connectivity index (χ0v) is 16.9. The molecule has 160 valence electrons. The minimum absolute atomic E-state index is 0.0413. The molecule has 1 amide bonds. The number of benzene rings is 1. The Morgan fingerprint density at radius 2 is 1.83 bits per heavy atom. The minimum atomic E-state index is -0.828. The molecule has 1 fully saturated rings. The molecule has 1 aromatic carbocycles. The van der Waals surface area contributed by atoms with Crippen molar-refractivity contribution in [3.63, 3.8) is 0 Å². The van der Waals surface area contributed by atoms with Gasteiger partial charge in [0.1, 0.15) is 5.56 Å². The Hall–Kier alpha value is -2.88. The summed E-state index contributed by atoms with van der Waals surface area (Å²) >= 11 is 0. The Morgan fingerprint density at radius 1 is 1.14 bits per heavy atom. The Morgan fingerprint density at radius 3 is 2.38 bits per heavy atom. The summed E-state index contributed by atoms with van der Waals surface area (Å²) in [6, 6.07) is 2.43. The predicted octanol–water partition coefficient (Wildman–Crippen LogP) is 1.66. The van der Waals surface area contributed by atoms with Gasteiger partial charge < -0.3 is 24.8 Å². The molecular formula is C19H27N3O7. The van der Waals surface area contributed by atoms with E-state index in [1.165, 1.54) is 13.2 Å². The summed E-state index contributed by atoms with van der Waals surface area (Å²) in [4.78, 5) is 34.7. The number of nitrogens with zero attached hydrogens (tertiary/aromatic N) is 1. The van der Waals surface area contributed by atoms with Gasteiger partial charge in [0.05, 0.1) is 31.3 Å². The van der Waals surface area contributed by atoms with Gasteiger partial charge in [-0.25, -0.2) is 4.79 Å². The average molecular weight is 409 g/mol. The van der Waals surface area contributed by atoms with Gasteiger partial charge in [0.15, 0.2) is 11.5 Å². The maximum atomic E-state index is 12.2. The molecule has 2 rings (SSSR count). The largest absolute Gasteiger partial charge is 0.493 e. The normalized spacial score (nSPS) is 18.6. The number of rotatable bonds is 9. The molecule has 1 saturated carbocycles. The van der Waals surface area contributed by atoms with Crippen molar-refractivity contribution in [2.45, 2.75) is 31.8 Å². The summed E-state index contributed by atoms with van der Waals surface area (Å²) in [7, 11) is 4.35. The number of amides is 1. The van der Waals surface area contributed by atoms with Crippen molar-refractivity contribution in [2.24, 2.45) is 5.92 Å². The molecule has 10 nitrogen and oxygen atoms in total. The third-order valence-electron chi connectivity index (χ3n) is 4.90. The quantitative estimate of drug-likeness (QED) is 0.273. The number of hydrogen-bond acceptors (Lipinski definition) is 8. The predicted molar refractivity (Wildman–Crippen MR) is 104 cm³/mol. The number of ether oxygens (including phenoxy) is 3. The van der Waals surface area contributed by atoms with Crippen LogP contribution < -0.4 is 20.1 Å². The molecule has 29 heavy (non-hydrogen) atoms. The maximum Gasteiger partial charge on any atom is 0.345 e. The average Bonchev–Trinajstić information content (AvgIpc) is 2.73. The lowest BCUT2D eigenvalue weighted by molar-refractivity contribution is -0.385. The van der Waals surface area contributed by atoms with E-state index in [9.17, 15) is 19.7 Å². The van der Waals surface area contributed by atoms with Gasteiger partial charge in [0.2, 0.25) is 5.91 Å². The van der Waals surface area contributed by atoms with Crippen molar-refractivity contribution in [1.29, 1.82) is 0 Å². The van der Waals surface area contributed by atoms with Crippen molar-refractivity contribution in [1.82, 2.24) is 10.6 Å². The molecule has 1 aliphatic rings. The van der Waals surface area contributed by atoms with E-state index >= 15 is 0 Å². The van der Waals surface area contributed by atoms with Crippen LogP contribution in [-0.4, -0.2) is 57.3 Å². The van der Waals surface area contributed by atoms with E-state index in [1.807, 2.05) is 7.05 Å². The smallest absolute Gasteiger partial charge is 0.345 e. The summed E-state index contributed by atoms with van der Waals surface area (Å²) < 4.78 is 15.8. The summed E-state index contributed by atoms with van der Waals surface area (Å²) in [5.74, 6) is -0.446. The highest BCUT2D eigenvalue weighted by molar-refractivity contribution is 5.95. The molecule has 0 aromatic heterocycles. The van der Waals surface area contributed by atoms with Crippen LogP contribution in [0.4, 0.5) is 5.69 Å². The summed E-state index contributed by atoms with van der Waals surface area (Å²) in [5.41, 5.74) is -0.617. The molecule has 0 atom stereocenters. The number of nitro groups is 1. The first-order valence-corrected chi connectivity index (χ1v) is 9.45. The highest BCUT2D eigenvalue weighted by Crippen LogP contribution is 2.37. The van der Waals surface area contributed by atoms with E-state index in [0.29, 0.717) is 38.8 Å². The van der Waals surface area contributed by atoms with Gasteiger partial charge in [-0.15, -0.1) is 0 Å². The Kier molecular flexibility index (Phi) is 8.20. The van der Waals surface area contributed by atoms with Crippen LogP contribution in [-0.2, 0) is 9.53 Å². The molecule has 0 saturated heterocycles. The van der Waals surface area contributed by atoms with Crippen LogP contribution >= 0.6 is 0 Å². The van der Waals surface area contributed by atoms with Crippen LogP contribution in [0.5, 0.6) is 11.5 Å². The van der Waals surface area contributed by atoms with Gasteiger partial charge in [0, 0.05) is 25.1 Å². The lowest BCUT2D eigenvalue weighted by Gasteiger charge is -2.28. The van der Waals surface area contributed by atoms with E-state index in [1.54, 1.807) is 0 Å². The number of carbonyl (C=O) groups is 2. The summed E-state index contributed by atoms with van der Waals surface area (Å²) in [5, 5.41) is 17.1. The van der Waals surface area contributed by atoms with Crippen LogP contribution in [0.2, 0.25) is 0 Å². The number of likely N-dealkylation sites (N-methyl/N-ethyl adjacent to an activating group) is 1. The molecule has 0 bridgehead atoms. The molecule has 10 heteroatoms. The molecule has 0 unspecified atom stereocenters. The standard InChI is InChI=1S/C19H27N3O7/c1-20-8-9-21-18(23)12-4-6-13(7-5-12)29-17-10-14(19(24)28-3)15(22(25)26)11-16(17)27-2/h10-13,20H,4-9H2,1-3H3,(H,21,23). The second kappa shape index (κ2) is 10.6. The first-order chi connectivity index (χ1) is 13.9. The SMILES string of the molecule is CNCCNC(=O)C1CCC(Oc2cc(C(=O)OC)c([N+](=O)[O-])cc2OC)CC1. The third kappa shape index (κ3) is 5.80. The van der Waals surface area contributed by atoms with Crippen LogP contribution in [0, 0.1) is 16.0 Å². The fourth-order valence-corrected chi connectivity index (χ4v) is 3.30. The van der Waals surface area contributed by atoms with Crippen LogP contribution in [0.1, 0.15) is 36.0 Å². The number of nitrogens with one attached hydrogen (secondary N) is 2. The summed E-state index contributed by atoms with van der Waals surface area (Å²) in [6.45, 7) is 1.30. The lowest BCUT2D eigenvalue weighted by Crippen LogP contribution is -2.38. The maximum absolute atomic E-state index is 12.2. The van der Waals surface area contributed by atoms with Gasteiger partial charge in [0.25, 0.3) is 5.69 Å². The second-order valence-corrected chi connectivity index (χ2v) is 6.75. The molecule has 0 heterocycles. The topological polar surface area (TPSA) is 129 Å². The molecule has 2 N–H and O–H groups in total. The van der Waals surface area contributed by atoms with Crippen LogP contribution in [0.15, 0.2) is 12.1 Å². The summed E-state index contributed by atoms with van der Waals surface area (Å²) in [6.07, 6.45) is 2.47. The van der Waals surface area contributed by atoms with E-state index in [-0.39, 0.29) is 35.0 Å². The number of methoxy groups -OCH3 is 2. The Balaban J connectivity index is 2.07. The molecule has 0 spiro atoms. The zero-order chi connectivity index (χ0) is 21.4. The highest BCUT2D eigenvalue weighted by Gasteiger charge is 2.30. The lowest BCUT2D eigenvalue weighted by atomic mass is 9.86. The van der Waals surface area contributed by atoms with Gasteiger partial charge in [-0.1, -0.05) is 0 Å². The first-order valence-electron chi connectivity index (χ1n) is 9.45. The van der Waals surface area contributed by atoms with Crippen molar-refractivity contribution in [3.05, 3.63) is 27.8 Å². The van der Waals surface area contributed by atoms with E-state index in [4.69, 9.17) is 9.47 Å². The van der Waals surface area contributed by atoms with E-state index < -0.39 is 16.6 Å². The number of esters is 1. The molecular weight excluding hydrogens is 382 g/mol. The molecule has 0 radical (unpaired) electrons. The van der Waals surface area contributed by atoms with Crippen LogP contribution in [0.3, 0.4) is 0 Å². The van der Waals surface area contributed by atoms with Gasteiger partial charge in [-0.3, -0.25) is 14.9 Å². The Labute approximate surface area is 169 Å². The van der Waals surface area contributed by atoms with Crippen LogP contribution in [0.25, 0.3) is 0 Å². The number of nitro benzene ring substituents is 1. The van der Waals surface area contributed by atoms with Crippen molar-refractivity contribution >= 4 is 17.6 Å². The molecule has 1 aliphatic carbocycles. The van der Waals surface area contributed by atoms with Crippen molar-refractivity contribution in [3.8, 4) is 11.5 Å². The van der Waals surface area contributed by atoms with Crippen molar-refractivity contribution in [2.75, 3.05) is 34.4 Å². The highest BCUT2D eigenvalue weighted by atomic mass is 16.6. The van der Waals surface area contributed by atoms with Crippen molar-refractivity contribution < 1.29 is 28.7 Å². The Bertz CT molecular complexity index is 746. The van der Waals surface area contributed by atoms with E-state index in [0.717, 1.165) is 13.2 Å². The minimum Gasteiger partial charge on any atom is -0.493 e. The molecule has 1 aromatic rings. The monoisotopic (exact) mass is 409 g/mol. The first kappa shape index (κ1) is 22.4. The third-order valence-corrected chi connectivity index (χ3v) is 4.90. The van der Waals surface area contributed by atoms with Gasteiger partial charge >= 0.3 is 5.97 Å². The number of hydrogen-bond donors (Lipinski definition) is 2. The van der Waals surface area contributed by atoms with Gasteiger partial charge in [-0.05, 0) is 32.7 Å².